The molecule has 1 atom stereocenters. The van der Waals surface area contributed by atoms with E-state index < -0.39 is 15.9 Å². The predicted octanol–water partition coefficient (Wildman–Crippen LogP) is 4.76. The van der Waals surface area contributed by atoms with Crippen LogP contribution in [0.15, 0.2) is 45.5 Å². The van der Waals surface area contributed by atoms with E-state index in [1.807, 2.05) is 31.2 Å². The van der Waals surface area contributed by atoms with Gasteiger partial charge in [-0.3, -0.25) is 4.79 Å². The van der Waals surface area contributed by atoms with E-state index in [9.17, 15) is 4.79 Å². The van der Waals surface area contributed by atoms with Crippen molar-refractivity contribution in [3.63, 3.8) is 0 Å². The SMILES string of the molecule is Cc1ccc(NC(=S)N[C@H](NC(=O)c2ccc(Br)o2)C(Cl)(Cl)Cl)cc1. The van der Waals surface area contributed by atoms with E-state index in [-0.39, 0.29) is 10.9 Å². The highest BCUT2D eigenvalue weighted by Crippen LogP contribution is 2.29. The average molecular weight is 486 g/mol. The number of furan rings is 1. The fraction of sp³-hybridized carbons (Fsp3) is 0.200. The number of anilines is 1. The summed E-state index contributed by atoms with van der Waals surface area (Å²) < 4.78 is 3.73. The van der Waals surface area contributed by atoms with E-state index >= 15 is 0 Å². The maximum atomic E-state index is 12.2. The number of halogens is 4. The Kier molecular flexibility index (Phi) is 6.99. The molecule has 1 aromatic heterocycles. The van der Waals surface area contributed by atoms with Crippen molar-refractivity contribution in [3.8, 4) is 0 Å². The zero-order chi connectivity index (χ0) is 18.6. The second kappa shape index (κ2) is 8.60. The third kappa shape index (κ3) is 6.34. The molecule has 0 aliphatic carbocycles. The molecule has 0 fully saturated rings. The first-order chi connectivity index (χ1) is 11.6. The van der Waals surface area contributed by atoms with E-state index in [1.165, 1.54) is 6.07 Å². The molecule has 0 saturated carbocycles. The number of carbonyl (C=O) groups is 1. The molecule has 3 N–H and O–H groups in total. The van der Waals surface area contributed by atoms with Crippen LogP contribution in [-0.4, -0.2) is 21.0 Å². The average Bonchev–Trinajstić information content (AvgIpc) is 2.94. The molecule has 0 bridgehead atoms. The molecule has 0 saturated heterocycles. The summed E-state index contributed by atoms with van der Waals surface area (Å²) in [5.74, 6) is -0.502. The Morgan fingerprint density at radius 3 is 2.32 bits per heavy atom. The molecule has 2 rings (SSSR count). The van der Waals surface area contributed by atoms with Gasteiger partial charge in [-0.25, -0.2) is 0 Å². The first-order valence-corrected chi connectivity index (χ1v) is 9.26. The number of nitrogens with one attached hydrogen (secondary N) is 3. The largest absolute Gasteiger partial charge is 0.444 e. The molecule has 1 heterocycles. The third-order valence-corrected chi connectivity index (χ3v) is 4.29. The topological polar surface area (TPSA) is 66.3 Å². The minimum absolute atomic E-state index is 0.0605. The van der Waals surface area contributed by atoms with Gasteiger partial charge in [0.2, 0.25) is 3.79 Å². The van der Waals surface area contributed by atoms with Gasteiger partial charge in [0.05, 0.1) is 0 Å². The van der Waals surface area contributed by atoms with Crippen LogP contribution in [0, 0.1) is 6.92 Å². The lowest BCUT2D eigenvalue weighted by atomic mass is 10.2. The lowest BCUT2D eigenvalue weighted by Crippen LogP contribution is -2.56. The number of amides is 1. The van der Waals surface area contributed by atoms with Crippen molar-refractivity contribution >= 4 is 79.7 Å². The minimum Gasteiger partial charge on any atom is -0.444 e. The molecule has 2 aromatic rings. The Bertz CT molecular complexity index is 762. The van der Waals surface area contributed by atoms with Crippen LogP contribution in [0.5, 0.6) is 0 Å². The maximum Gasteiger partial charge on any atom is 0.288 e. The smallest absolute Gasteiger partial charge is 0.288 e. The molecule has 0 radical (unpaired) electrons. The van der Waals surface area contributed by atoms with Crippen LogP contribution in [0.2, 0.25) is 0 Å². The molecule has 5 nitrogen and oxygen atoms in total. The number of benzene rings is 1. The molecule has 0 aliphatic heterocycles. The van der Waals surface area contributed by atoms with Crippen molar-refractivity contribution < 1.29 is 9.21 Å². The zero-order valence-corrected chi connectivity index (χ0v) is 17.4. The molecule has 1 aromatic carbocycles. The van der Waals surface area contributed by atoms with Gasteiger partial charge in [0.15, 0.2) is 15.5 Å². The normalized spacial score (nSPS) is 12.4. The van der Waals surface area contributed by atoms with Gasteiger partial charge in [-0.1, -0.05) is 52.5 Å². The second-order valence-corrected chi connectivity index (χ2v) is 8.58. The van der Waals surface area contributed by atoms with E-state index in [0.717, 1.165) is 11.3 Å². The van der Waals surface area contributed by atoms with Gasteiger partial charge in [-0.2, -0.15) is 0 Å². The lowest BCUT2D eigenvalue weighted by molar-refractivity contribution is 0.0905. The van der Waals surface area contributed by atoms with Crippen molar-refractivity contribution in [2.75, 3.05) is 5.32 Å². The van der Waals surface area contributed by atoms with E-state index in [1.54, 1.807) is 6.07 Å². The summed E-state index contributed by atoms with van der Waals surface area (Å²) in [4.78, 5) is 12.2. The standard InChI is InChI=1S/C15H13BrCl3N3O2S/c1-8-2-4-9(5-3-8)20-14(25)22-13(15(17,18)19)21-12(23)10-6-7-11(16)24-10/h2-7,13H,1H3,(H,21,23)(H2,20,22,25)/t13-/m0/s1. The fourth-order valence-electron chi connectivity index (χ4n) is 1.77. The molecule has 25 heavy (non-hydrogen) atoms. The van der Waals surface area contributed by atoms with Gasteiger partial charge >= 0.3 is 0 Å². The Morgan fingerprint density at radius 1 is 1.16 bits per heavy atom. The summed E-state index contributed by atoms with van der Waals surface area (Å²) in [5.41, 5.74) is 1.87. The maximum absolute atomic E-state index is 12.2. The molecule has 1 amide bonds. The minimum atomic E-state index is -1.85. The summed E-state index contributed by atoms with van der Waals surface area (Å²) in [5, 5.41) is 8.42. The highest BCUT2D eigenvalue weighted by atomic mass is 79.9. The third-order valence-electron chi connectivity index (χ3n) is 2.98. The number of aryl methyl sites for hydroxylation is 1. The van der Waals surface area contributed by atoms with Gasteiger partial charge in [-0.15, -0.1) is 0 Å². The quantitative estimate of drug-likeness (QED) is 0.331. The summed E-state index contributed by atoms with van der Waals surface area (Å²) in [7, 11) is 0. The van der Waals surface area contributed by atoms with Crippen LogP contribution in [0.1, 0.15) is 16.1 Å². The van der Waals surface area contributed by atoms with Crippen LogP contribution >= 0.6 is 63.0 Å². The van der Waals surface area contributed by atoms with E-state index in [2.05, 4.69) is 31.9 Å². The number of carbonyl (C=O) groups excluding carboxylic acids is 1. The number of rotatable bonds is 4. The predicted molar refractivity (Wildman–Crippen MR) is 108 cm³/mol. The fourth-order valence-corrected chi connectivity index (χ4v) is 2.64. The summed E-state index contributed by atoms with van der Waals surface area (Å²) in [6.07, 6.45) is -1.08. The first-order valence-electron chi connectivity index (χ1n) is 6.92. The Labute approximate surface area is 173 Å². The molecular weight excluding hydrogens is 473 g/mol. The van der Waals surface area contributed by atoms with Gasteiger partial charge in [0, 0.05) is 5.69 Å². The molecule has 134 valence electrons. The highest BCUT2D eigenvalue weighted by molar-refractivity contribution is 9.10. The van der Waals surface area contributed by atoms with Crippen molar-refractivity contribution in [1.29, 1.82) is 0 Å². The summed E-state index contributed by atoms with van der Waals surface area (Å²) in [6, 6.07) is 10.6. The van der Waals surface area contributed by atoms with Gasteiger partial charge in [-0.05, 0) is 59.3 Å². The van der Waals surface area contributed by atoms with Crippen LogP contribution in [0.25, 0.3) is 0 Å². The summed E-state index contributed by atoms with van der Waals surface area (Å²) >= 11 is 26.1. The van der Waals surface area contributed by atoms with Crippen LogP contribution < -0.4 is 16.0 Å². The van der Waals surface area contributed by atoms with E-state index in [4.69, 9.17) is 51.4 Å². The van der Waals surface area contributed by atoms with Crippen LogP contribution in [0.4, 0.5) is 5.69 Å². The molecular formula is C15H13BrCl3N3O2S. The second-order valence-electron chi connectivity index (χ2n) is 5.02. The van der Waals surface area contributed by atoms with Gasteiger partial charge in [0.1, 0.15) is 6.17 Å². The Morgan fingerprint density at radius 2 is 1.80 bits per heavy atom. The monoisotopic (exact) mass is 483 g/mol. The van der Waals surface area contributed by atoms with Crippen molar-refractivity contribution in [1.82, 2.24) is 10.6 Å². The van der Waals surface area contributed by atoms with Crippen molar-refractivity contribution in [2.24, 2.45) is 0 Å². The van der Waals surface area contributed by atoms with Crippen molar-refractivity contribution in [2.45, 2.75) is 16.9 Å². The number of alkyl halides is 3. The highest BCUT2D eigenvalue weighted by Gasteiger charge is 2.35. The summed E-state index contributed by atoms with van der Waals surface area (Å²) in [6.45, 7) is 1.97. The van der Waals surface area contributed by atoms with Crippen molar-refractivity contribution in [3.05, 3.63) is 52.4 Å². The zero-order valence-electron chi connectivity index (χ0n) is 12.8. The molecule has 0 spiro atoms. The Balaban J connectivity index is 2.03. The van der Waals surface area contributed by atoms with Gasteiger partial charge < -0.3 is 20.4 Å². The van der Waals surface area contributed by atoms with Crippen LogP contribution in [-0.2, 0) is 0 Å². The first kappa shape index (κ1) is 20.3. The molecule has 10 heteroatoms. The molecule has 0 unspecified atom stereocenters. The number of hydrogen-bond acceptors (Lipinski definition) is 3. The number of thiocarbonyl (C=S) groups is 1. The Hall–Kier alpha value is -0.990. The number of hydrogen-bond donors (Lipinski definition) is 3. The van der Waals surface area contributed by atoms with Gasteiger partial charge in [0.25, 0.3) is 5.91 Å². The molecule has 0 aliphatic rings. The van der Waals surface area contributed by atoms with E-state index in [0.29, 0.717) is 4.67 Å². The van der Waals surface area contributed by atoms with Crippen LogP contribution in [0.3, 0.4) is 0 Å². The lowest BCUT2D eigenvalue weighted by Gasteiger charge is -2.27.